The van der Waals surface area contributed by atoms with Gasteiger partial charge >= 0.3 is 0 Å². The topological polar surface area (TPSA) is 100 Å². The minimum Gasteiger partial charge on any atom is -0.505 e. The number of hydrogen-bond donors (Lipinski definition) is 3. The number of benzene rings is 5. The number of nitrogen functional groups attached to an aromatic ring is 1. The molecule has 6 nitrogen and oxygen atoms in total. The van der Waals surface area contributed by atoms with Crippen LogP contribution >= 0.6 is 0 Å². The second-order valence-corrected chi connectivity index (χ2v) is 8.58. The fourth-order valence-electron chi connectivity index (χ4n) is 4.25. The predicted molar refractivity (Wildman–Crippen MR) is 142 cm³/mol. The zero-order valence-electron chi connectivity index (χ0n) is 19.4. The highest BCUT2D eigenvalue weighted by Gasteiger charge is 2.17. The number of nitrogens with zero attached hydrogens (tertiary/aromatic N) is 2. The summed E-state index contributed by atoms with van der Waals surface area (Å²) in [4.78, 5) is 12.9. The second kappa shape index (κ2) is 8.91. The number of azo groups is 1. The summed E-state index contributed by atoms with van der Waals surface area (Å²) in [5, 5.41) is 26.5. The number of aryl methyl sites for hydroxylation is 2. The predicted octanol–water partition coefficient (Wildman–Crippen LogP) is 7.57. The molecule has 0 aliphatic carbocycles. The molecule has 0 aromatic heterocycles. The van der Waals surface area contributed by atoms with Crippen molar-refractivity contribution < 1.29 is 9.90 Å². The summed E-state index contributed by atoms with van der Waals surface area (Å²) in [6, 6.07) is 26.2. The lowest BCUT2D eigenvalue weighted by atomic mass is 10.00. The zero-order chi connectivity index (χ0) is 24.5. The molecule has 172 valence electrons. The molecule has 0 unspecified atom stereocenters. The first-order valence-electron chi connectivity index (χ1n) is 11.2. The number of fused-ring (bicyclic) bond motifs is 2. The standard InChI is InChI=1S/C29H24N4O2/c1-17-14-21-16-18(2)27(33-32-24-9-5-7-19-6-3-4-8-23(19)24)28(34)26(21)25(15-17)31-29(35)20-10-12-22(30)13-11-20/h3-16,34H,30H2,1-2H3,(H,31,35). The van der Waals surface area contributed by atoms with Gasteiger partial charge in [-0.05, 0) is 78.2 Å². The normalized spacial score (nSPS) is 11.4. The van der Waals surface area contributed by atoms with Crippen LogP contribution in [0.25, 0.3) is 21.5 Å². The third-order valence-corrected chi connectivity index (χ3v) is 5.97. The molecular formula is C29H24N4O2. The lowest BCUT2D eigenvalue weighted by molar-refractivity contribution is 0.102. The molecule has 0 saturated carbocycles. The Morgan fingerprint density at radius 3 is 2.40 bits per heavy atom. The summed E-state index contributed by atoms with van der Waals surface area (Å²) >= 11 is 0. The first kappa shape index (κ1) is 22.1. The molecule has 0 radical (unpaired) electrons. The molecule has 0 saturated heterocycles. The molecule has 4 N–H and O–H groups in total. The molecule has 0 atom stereocenters. The van der Waals surface area contributed by atoms with Crippen LogP contribution in [0.15, 0.2) is 95.2 Å². The quantitative estimate of drug-likeness (QED) is 0.190. The number of rotatable bonds is 4. The van der Waals surface area contributed by atoms with Crippen molar-refractivity contribution in [1.29, 1.82) is 0 Å². The smallest absolute Gasteiger partial charge is 0.255 e. The Bertz CT molecular complexity index is 1620. The van der Waals surface area contributed by atoms with E-state index in [2.05, 4.69) is 15.5 Å². The van der Waals surface area contributed by atoms with Gasteiger partial charge in [0.05, 0.1) is 11.4 Å². The van der Waals surface area contributed by atoms with Gasteiger partial charge in [0.15, 0.2) is 5.75 Å². The maximum Gasteiger partial charge on any atom is 0.255 e. The molecule has 35 heavy (non-hydrogen) atoms. The Hall–Kier alpha value is -4.71. The molecule has 1 amide bonds. The van der Waals surface area contributed by atoms with Gasteiger partial charge in [-0.2, -0.15) is 0 Å². The number of nitrogens with one attached hydrogen (secondary N) is 1. The molecule has 0 aliphatic rings. The summed E-state index contributed by atoms with van der Waals surface area (Å²) in [6.45, 7) is 3.82. The molecule has 0 spiro atoms. The van der Waals surface area contributed by atoms with Crippen molar-refractivity contribution in [3.63, 3.8) is 0 Å². The van der Waals surface area contributed by atoms with Crippen molar-refractivity contribution in [2.45, 2.75) is 13.8 Å². The van der Waals surface area contributed by atoms with Crippen LogP contribution in [0.4, 0.5) is 22.7 Å². The summed E-state index contributed by atoms with van der Waals surface area (Å²) in [7, 11) is 0. The van der Waals surface area contributed by atoms with Gasteiger partial charge in [-0.1, -0.05) is 42.5 Å². The summed E-state index contributed by atoms with van der Waals surface area (Å²) in [5.41, 5.74) is 10.1. The van der Waals surface area contributed by atoms with E-state index < -0.39 is 0 Å². The zero-order valence-corrected chi connectivity index (χ0v) is 19.4. The summed E-state index contributed by atoms with van der Waals surface area (Å²) < 4.78 is 0. The number of carbonyl (C=O) groups excluding carboxylic acids is 1. The van der Waals surface area contributed by atoms with Crippen molar-refractivity contribution in [3.8, 4) is 5.75 Å². The lowest BCUT2D eigenvalue weighted by Crippen LogP contribution is -2.12. The van der Waals surface area contributed by atoms with Crippen LogP contribution < -0.4 is 11.1 Å². The highest BCUT2D eigenvalue weighted by molar-refractivity contribution is 6.12. The highest BCUT2D eigenvalue weighted by atomic mass is 16.3. The molecule has 0 fully saturated rings. The van der Waals surface area contributed by atoms with Crippen LogP contribution in [-0.4, -0.2) is 11.0 Å². The first-order valence-corrected chi connectivity index (χ1v) is 11.2. The number of nitrogens with two attached hydrogens (primary N) is 1. The van der Waals surface area contributed by atoms with E-state index in [1.54, 1.807) is 24.3 Å². The van der Waals surface area contributed by atoms with E-state index in [0.717, 1.165) is 27.3 Å². The Labute approximate surface area is 202 Å². The summed E-state index contributed by atoms with van der Waals surface area (Å²) in [5.74, 6) is -0.326. The van der Waals surface area contributed by atoms with Crippen LogP contribution in [0.2, 0.25) is 0 Å². The van der Waals surface area contributed by atoms with Crippen LogP contribution in [0.3, 0.4) is 0 Å². The third-order valence-electron chi connectivity index (χ3n) is 5.97. The van der Waals surface area contributed by atoms with Crippen molar-refractivity contribution in [2.75, 3.05) is 11.1 Å². The lowest BCUT2D eigenvalue weighted by Gasteiger charge is -2.14. The number of phenols is 1. The van der Waals surface area contributed by atoms with Gasteiger partial charge in [0.25, 0.3) is 5.91 Å². The molecule has 5 rings (SSSR count). The maximum absolute atomic E-state index is 12.9. The molecule has 0 bridgehead atoms. The van der Waals surface area contributed by atoms with Crippen molar-refractivity contribution >= 4 is 50.2 Å². The molecule has 0 aliphatic heterocycles. The molecule has 6 heteroatoms. The Morgan fingerprint density at radius 1 is 0.857 bits per heavy atom. The van der Waals surface area contributed by atoms with Crippen LogP contribution in [0, 0.1) is 13.8 Å². The van der Waals surface area contributed by atoms with Crippen LogP contribution in [0.5, 0.6) is 5.75 Å². The number of anilines is 2. The minimum absolute atomic E-state index is 0.0309. The van der Waals surface area contributed by atoms with E-state index in [-0.39, 0.29) is 11.7 Å². The molecular weight excluding hydrogens is 436 g/mol. The fourth-order valence-corrected chi connectivity index (χ4v) is 4.25. The SMILES string of the molecule is Cc1cc(NC(=O)c2ccc(N)cc2)c2c(O)c(N=Nc3cccc4ccccc34)c(C)cc2c1. The van der Waals surface area contributed by atoms with Gasteiger partial charge in [0.1, 0.15) is 5.69 Å². The number of carbonyl (C=O) groups is 1. The third kappa shape index (κ3) is 4.29. The van der Waals surface area contributed by atoms with E-state index in [1.165, 1.54) is 0 Å². The average Bonchev–Trinajstić information content (AvgIpc) is 2.83. The Morgan fingerprint density at radius 2 is 1.60 bits per heavy atom. The van der Waals surface area contributed by atoms with Gasteiger partial charge in [-0.25, -0.2) is 0 Å². The van der Waals surface area contributed by atoms with Crippen LogP contribution in [0.1, 0.15) is 21.5 Å². The van der Waals surface area contributed by atoms with Gasteiger partial charge in [0.2, 0.25) is 0 Å². The maximum atomic E-state index is 12.9. The first-order chi connectivity index (χ1) is 16.9. The number of hydrogen-bond acceptors (Lipinski definition) is 5. The fraction of sp³-hybridized carbons (Fsp3) is 0.0690. The minimum atomic E-state index is -0.296. The Balaban J connectivity index is 1.59. The molecule has 5 aromatic rings. The van der Waals surface area contributed by atoms with Gasteiger partial charge in [-0.15, -0.1) is 10.2 Å². The highest BCUT2D eigenvalue weighted by Crippen LogP contribution is 2.43. The van der Waals surface area contributed by atoms with Gasteiger partial charge in [-0.3, -0.25) is 4.79 Å². The van der Waals surface area contributed by atoms with Gasteiger partial charge in [0, 0.05) is 22.0 Å². The van der Waals surface area contributed by atoms with E-state index in [0.29, 0.717) is 33.7 Å². The number of amides is 1. The van der Waals surface area contributed by atoms with Gasteiger partial charge < -0.3 is 16.2 Å². The van der Waals surface area contributed by atoms with E-state index in [9.17, 15) is 9.90 Å². The summed E-state index contributed by atoms with van der Waals surface area (Å²) in [6.07, 6.45) is 0. The van der Waals surface area contributed by atoms with E-state index in [1.807, 2.05) is 74.5 Å². The van der Waals surface area contributed by atoms with Crippen LogP contribution in [-0.2, 0) is 0 Å². The monoisotopic (exact) mass is 460 g/mol. The van der Waals surface area contributed by atoms with E-state index >= 15 is 0 Å². The number of aromatic hydroxyl groups is 1. The molecule has 0 heterocycles. The molecule has 5 aromatic carbocycles. The van der Waals surface area contributed by atoms with E-state index in [4.69, 9.17) is 5.73 Å². The average molecular weight is 461 g/mol. The number of phenolic OH excluding ortho intramolecular Hbond substituents is 1. The largest absolute Gasteiger partial charge is 0.505 e. The second-order valence-electron chi connectivity index (χ2n) is 8.58. The van der Waals surface area contributed by atoms with Crippen molar-refractivity contribution in [1.82, 2.24) is 0 Å². The van der Waals surface area contributed by atoms with Crippen molar-refractivity contribution in [3.05, 3.63) is 102 Å². The van der Waals surface area contributed by atoms with Crippen molar-refractivity contribution in [2.24, 2.45) is 10.2 Å². The Kier molecular flexibility index (Phi) is 5.63.